The van der Waals surface area contributed by atoms with Crippen LogP contribution in [0.5, 0.6) is 5.75 Å². The number of rotatable bonds is 9. The van der Waals surface area contributed by atoms with Crippen LogP contribution in [0.4, 0.5) is 0 Å². The molecule has 1 fully saturated rings. The number of aliphatic hydroxyl groups excluding tert-OH is 1. The predicted octanol–water partition coefficient (Wildman–Crippen LogP) is 5.27. The summed E-state index contributed by atoms with van der Waals surface area (Å²) in [5.74, 6) is -0.887. The summed E-state index contributed by atoms with van der Waals surface area (Å²) in [5.41, 5.74) is 2.10. The lowest BCUT2D eigenvalue weighted by molar-refractivity contribution is -0.140. The zero-order valence-electron chi connectivity index (χ0n) is 19.2. The lowest BCUT2D eigenvalue weighted by Gasteiger charge is -2.26. The summed E-state index contributed by atoms with van der Waals surface area (Å²) < 4.78 is 5.92. The molecule has 1 unspecified atom stereocenters. The third-order valence-electron chi connectivity index (χ3n) is 5.88. The zero-order valence-corrected chi connectivity index (χ0v) is 19.2. The van der Waals surface area contributed by atoms with Gasteiger partial charge >= 0.3 is 0 Å². The maximum absolute atomic E-state index is 13.2. The van der Waals surface area contributed by atoms with Crippen molar-refractivity contribution in [2.24, 2.45) is 0 Å². The van der Waals surface area contributed by atoms with Crippen LogP contribution in [0, 0.1) is 0 Å². The fraction of sp³-hybridized carbons (Fsp3) is 0.250. The highest BCUT2D eigenvalue weighted by atomic mass is 16.5. The Balaban J connectivity index is 1.76. The van der Waals surface area contributed by atoms with E-state index in [2.05, 4.69) is 11.9 Å². The maximum atomic E-state index is 13.2. The molecule has 0 spiro atoms. The third kappa shape index (κ3) is 5.01. The monoisotopic (exact) mass is 456 g/mol. The van der Waals surface area contributed by atoms with E-state index in [1.54, 1.807) is 12.1 Å². The Morgan fingerprint density at radius 3 is 2.50 bits per heavy atom. The van der Waals surface area contributed by atoms with Crippen LogP contribution in [-0.4, -0.2) is 33.3 Å². The molecule has 0 saturated carbocycles. The second-order valence-corrected chi connectivity index (χ2v) is 8.28. The molecule has 1 aliphatic heterocycles. The van der Waals surface area contributed by atoms with E-state index in [0.29, 0.717) is 23.5 Å². The van der Waals surface area contributed by atoms with Crippen LogP contribution in [0.3, 0.4) is 0 Å². The van der Waals surface area contributed by atoms with Gasteiger partial charge in [0, 0.05) is 24.5 Å². The fourth-order valence-electron chi connectivity index (χ4n) is 4.15. The predicted molar refractivity (Wildman–Crippen MR) is 130 cm³/mol. The highest BCUT2D eigenvalue weighted by Crippen LogP contribution is 2.41. The van der Waals surface area contributed by atoms with Gasteiger partial charge in [-0.2, -0.15) is 0 Å². The smallest absolute Gasteiger partial charge is 0.295 e. The molecule has 0 radical (unpaired) electrons. The molecule has 1 aliphatic rings. The molecule has 6 heteroatoms. The number of nitrogens with zero attached hydrogens (tertiary/aromatic N) is 2. The van der Waals surface area contributed by atoms with Crippen molar-refractivity contribution < 1.29 is 19.4 Å². The largest absolute Gasteiger partial charge is 0.507 e. The summed E-state index contributed by atoms with van der Waals surface area (Å²) in [6.07, 6.45) is 6.22. The van der Waals surface area contributed by atoms with Gasteiger partial charge in [-0.15, -0.1) is 0 Å². The fourth-order valence-corrected chi connectivity index (χ4v) is 4.15. The number of carbonyl (C=O) groups is 2. The minimum atomic E-state index is -0.743. The topological polar surface area (TPSA) is 79.7 Å². The van der Waals surface area contributed by atoms with Gasteiger partial charge in [0.25, 0.3) is 11.7 Å². The number of Topliss-reactive ketones (excluding diaryl/α,β-unsaturated/α-hetero) is 1. The van der Waals surface area contributed by atoms with E-state index in [-0.39, 0.29) is 17.9 Å². The number of ketones is 1. The minimum absolute atomic E-state index is 0.0651. The number of amides is 1. The molecule has 0 bridgehead atoms. The number of carbonyl (C=O) groups excluding carboxylic acids is 2. The van der Waals surface area contributed by atoms with Crippen molar-refractivity contribution in [3.63, 3.8) is 0 Å². The first kappa shape index (κ1) is 23.2. The Kier molecular flexibility index (Phi) is 7.38. The van der Waals surface area contributed by atoms with Crippen LogP contribution in [0.2, 0.25) is 0 Å². The van der Waals surface area contributed by atoms with E-state index in [1.807, 2.05) is 54.6 Å². The SMILES string of the molecule is CCCCCOc1cccc(C2/C(=C(\O)c3ccncc3)C(=O)C(=O)N2Cc2ccccc2)c1. The van der Waals surface area contributed by atoms with Crippen LogP contribution in [0.1, 0.15) is 48.9 Å². The summed E-state index contributed by atoms with van der Waals surface area (Å²) in [5, 5.41) is 11.1. The highest BCUT2D eigenvalue weighted by molar-refractivity contribution is 6.46. The van der Waals surface area contributed by atoms with Gasteiger partial charge in [0.1, 0.15) is 11.5 Å². The highest BCUT2D eigenvalue weighted by Gasteiger charge is 2.46. The summed E-state index contributed by atoms with van der Waals surface area (Å²) in [7, 11) is 0. The van der Waals surface area contributed by atoms with Crippen LogP contribution < -0.4 is 4.74 Å². The Morgan fingerprint density at radius 2 is 1.76 bits per heavy atom. The molecule has 6 nitrogen and oxygen atoms in total. The average Bonchev–Trinajstić information content (AvgIpc) is 3.12. The van der Waals surface area contributed by atoms with Gasteiger partial charge < -0.3 is 14.7 Å². The number of hydrogen-bond acceptors (Lipinski definition) is 5. The van der Waals surface area contributed by atoms with E-state index in [0.717, 1.165) is 24.8 Å². The Labute approximate surface area is 199 Å². The quantitative estimate of drug-likeness (QED) is 0.205. The van der Waals surface area contributed by atoms with Gasteiger partial charge in [0.05, 0.1) is 18.2 Å². The van der Waals surface area contributed by atoms with Gasteiger partial charge in [-0.3, -0.25) is 14.6 Å². The molecule has 1 aromatic heterocycles. The van der Waals surface area contributed by atoms with Crippen molar-refractivity contribution in [1.82, 2.24) is 9.88 Å². The molecule has 1 N–H and O–H groups in total. The number of benzene rings is 2. The Bertz CT molecular complexity index is 1180. The normalized spacial score (nSPS) is 17.2. The van der Waals surface area contributed by atoms with Gasteiger partial charge in [0.15, 0.2) is 0 Å². The number of ether oxygens (including phenoxy) is 1. The van der Waals surface area contributed by atoms with Gasteiger partial charge in [0.2, 0.25) is 0 Å². The second-order valence-electron chi connectivity index (χ2n) is 8.28. The zero-order chi connectivity index (χ0) is 23.9. The van der Waals surface area contributed by atoms with Crippen LogP contribution in [0.15, 0.2) is 84.7 Å². The first-order chi connectivity index (χ1) is 16.6. The molecule has 3 aromatic rings. The van der Waals surface area contributed by atoms with Crippen molar-refractivity contribution in [2.75, 3.05) is 6.61 Å². The number of aliphatic hydroxyl groups is 1. The third-order valence-corrected chi connectivity index (χ3v) is 5.88. The van der Waals surface area contributed by atoms with Gasteiger partial charge in [-0.25, -0.2) is 0 Å². The molecule has 34 heavy (non-hydrogen) atoms. The number of pyridine rings is 1. The molecule has 2 aromatic carbocycles. The molecule has 1 saturated heterocycles. The standard InChI is InChI=1S/C28H28N2O4/c1-2-3-7-17-34-23-12-8-11-22(18-23)25-24(26(31)21-13-15-29-16-14-21)27(32)28(33)30(25)19-20-9-5-4-6-10-20/h4-6,8-16,18,25,31H,2-3,7,17,19H2,1H3/b26-24+. The first-order valence-corrected chi connectivity index (χ1v) is 11.6. The number of hydrogen-bond donors (Lipinski definition) is 1. The lowest BCUT2D eigenvalue weighted by atomic mass is 9.95. The van der Waals surface area contributed by atoms with Crippen molar-refractivity contribution >= 4 is 17.4 Å². The van der Waals surface area contributed by atoms with Crippen molar-refractivity contribution in [3.05, 3.63) is 101 Å². The van der Waals surface area contributed by atoms with Crippen molar-refractivity contribution in [3.8, 4) is 5.75 Å². The summed E-state index contributed by atoms with van der Waals surface area (Å²) in [4.78, 5) is 31.8. The van der Waals surface area contributed by atoms with Crippen molar-refractivity contribution in [1.29, 1.82) is 0 Å². The summed E-state index contributed by atoms with van der Waals surface area (Å²) >= 11 is 0. The molecular weight excluding hydrogens is 428 g/mol. The second kappa shape index (κ2) is 10.8. The van der Waals surface area contributed by atoms with E-state index in [9.17, 15) is 14.7 Å². The number of likely N-dealkylation sites (tertiary alicyclic amines) is 1. The molecule has 1 amide bonds. The van der Waals surface area contributed by atoms with Crippen LogP contribution >= 0.6 is 0 Å². The molecule has 174 valence electrons. The molecule has 1 atom stereocenters. The summed E-state index contributed by atoms with van der Waals surface area (Å²) in [6.45, 7) is 2.97. The molecule has 4 rings (SSSR count). The van der Waals surface area contributed by atoms with Crippen LogP contribution in [-0.2, 0) is 16.1 Å². The first-order valence-electron chi connectivity index (χ1n) is 11.6. The maximum Gasteiger partial charge on any atom is 0.295 e. The van der Waals surface area contributed by atoms with E-state index >= 15 is 0 Å². The summed E-state index contributed by atoms with van der Waals surface area (Å²) in [6, 6.07) is 19.4. The van der Waals surface area contributed by atoms with E-state index < -0.39 is 17.7 Å². The van der Waals surface area contributed by atoms with E-state index in [4.69, 9.17) is 4.74 Å². The molecule has 0 aliphatic carbocycles. The Hall–Kier alpha value is -3.93. The lowest BCUT2D eigenvalue weighted by Crippen LogP contribution is -2.29. The van der Waals surface area contributed by atoms with Crippen LogP contribution in [0.25, 0.3) is 5.76 Å². The van der Waals surface area contributed by atoms with Gasteiger partial charge in [-0.05, 0) is 41.8 Å². The van der Waals surface area contributed by atoms with E-state index in [1.165, 1.54) is 17.3 Å². The molecule has 2 heterocycles. The Morgan fingerprint density at radius 1 is 1.00 bits per heavy atom. The number of unbranched alkanes of at least 4 members (excludes halogenated alkanes) is 2. The van der Waals surface area contributed by atoms with Crippen molar-refractivity contribution in [2.45, 2.75) is 38.8 Å². The average molecular weight is 457 g/mol. The van der Waals surface area contributed by atoms with Gasteiger partial charge in [-0.1, -0.05) is 62.2 Å². The minimum Gasteiger partial charge on any atom is -0.507 e. The number of aromatic nitrogens is 1. The molecular formula is C28H28N2O4.